The summed E-state index contributed by atoms with van der Waals surface area (Å²) in [4.78, 5) is 40.5. The Labute approximate surface area is 106 Å². The van der Waals surface area contributed by atoms with Gasteiger partial charge in [0.15, 0.2) is 0 Å². The van der Waals surface area contributed by atoms with E-state index in [9.17, 15) is 19.3 Å². The van der Waals surface area contributed by atoms with Crippen molar-refractivity contribution in [1.29, 1.82) is 0 Å². The quantitative estimate of drug-likeness (QED) is 0.425. The van der Waals surface area contributed by atoms with Gasteiger partial charge in [0.2, 0.25) is 0 Å². The summed E-state index contributed by atoms with van der Waals surface area (Å²) in [5, 5.41) is 17.9. The molecule has 1 unspecified atom stereocenters. The van der Waals surface area contributed by atoms with Crippen molar-refractivity contribution in [2.45, 2.75) is 19.6 Å². The van der Waals surface area contributed by atoms with E-state index in [-0.39, 0.29) is 16.8 Å². The number of aliphatic hydroxyl groups is 2. The highest BCUT2D eigenvalue weighted by molar-refractivity contribution is 7.46. The molecule has 0 aromatic carbocycles. The summed E-state index contributed by atoms with van der Waals surface area (Å²) in [5.41, 5.74) is -2.23. The average Bonchev–Trinajstić information content (AvgIpc) is 2.30. The molecule has 0 saturated carbocycles. The fourth-order valence-electron chi connectivity index (χ4n) is 1.30. The van der Waals surface area contributed by atoms with Crippen molar-refractivity contribution in [2.75, 3.05) is 6.61 Å². The molecule has 1 atom stereocenters. The molecule has 0 aliphatic rings. The van der Waals surface area contributed by atoms with E-state index >= 15 is 0 Å². The summed E-state index contributed by atoms with van der Waals surface area (Å²) in [6.45, 7) is 0.314. The maximum absolute atomic E-state index is 11.7. The largest absolute Gasteiger partial charge is 0.544 e. The lowest BCUT2D eigenvalue weighted by Crippen LogP contribution is -2.45. The minimum atomic E-state index is -5.08. The smallest absolute Gasteiger partial charge is 0.394 e. The van der Waals surface area contributed by atoms with Crippen LogP contribution in [-0.4, -0.2) is 42.0 Å². The van der Waals surface area contributed by atoms with Crippen molar-refractivity contribution in [3.63, 3.8) is 0 Å². The molecule has 0 fully saturated rings. The van der Waals surface area contributed by atoms with Gasteiger partial charge in [0, 0.05) is 11.8 Å². The molecule has 0 amide bonds. The first-order chi connectivity index (χ1) is 8.65. The van der Waals surface area contributed by atoms with Crippen LogP contribution in [0.15, 0.2) is 15.8 Å². The third kappa shape index (κ3) is 4.01. The molecule has 0 spiro atoms. The van der Waals surface area contributed by atoms with E-state index < -0.39 is 31.8 Å². The Balaban J connectivity index is 3.35. The zero-order valence-electron chi connectivity index (χ0n) is 9.83. The van der Waals surface area contributed by atoms with Gasteiger partial charge >= 0.3 is 13.5 Å². The molecule has 1 rings (SSSR count). The van der Waals surface area contributed by atoms with Crippen LogP contribution in [0.4, 0.5) is 0 Å². The van der Waals surface area contributed by atoms with Crippen molar-refractivity contribution < 1.29 is 29.2 Å². The third-order valence-electron chi connectivity index (χ3n) is 2.10. The van der Waals surface area contributed by atoms with Gasteiger partial charge in [0.25, 0.3) is 5.56 Å². The molecule has 0 radical (unpaired) electrons. The van der Waals surface area contributed by atoms with E-state index in [1.807, 2.05) is 0 Å². The van der Waals surface area contributed by atoms with Crippen molar-refractivity contribution in [2.24, 2.45) is 0 Å². The van der Waals surface area contributed by atoms with Gasteiger partial charge < -0.3 is 14.8 Å². The van der Waals surface area contributed by atoms with Crippen molar-refractivity contribution in [1.82, 2.24) is 9.30 Å². The van der Waals surface area contributed by atoms with E-state index in [0.29, 0.717) is 0 Å². The second kappa shape index (κ2) is 5.68. The number of hydrogen-bond acceptors (Lipinski definition) is 6. The van der Waals surface area contributed by atoms with Crippen molar-refractivity contribution in [3.05, 3.63) is 32.6 Å². The summed E-state index contributed by atoms with van der Waals surface area (Å²) in [6, 6.07) is 0. The Bertz CT molecular complexity index is 614. The molecule has 11 heteroatoms. The van der Waals surface area contributed by atoms with Crippen LogP contribution in [-0.2, 0) is 11.1 Å². The van der Waals surface area contributed by atoms with Crippen LogP contribution in [0.25, 0.3) is 0 Å². The summed E-state index contributed by atoms with van der Waals surface area (Å²) >= 11 is 0. The molecule has 0 bridgehead atoms. The van der Waals surface area contributed by atoms with Crippen LogP contribution in [0.1, 0.15) is 5.56 Å². The van der Waals surface area contributed by atoms with Crippen LogP contribution in [0.3, 0.4) is 0 Å². The van der Waals surface area contributed by atoms with E-state index in [2.05, 4.69) is 4.62 Å². The first-order valence-electron chi connectivity index (χ1n) is 5.03. The lowest BCUT2D eigenvalue weighted by molar-refractivity contribution is 0.0771. The van der Waals surface area contributed by atoms with Gasteiger partial charge in [-0.05, 0) is 6.92 Å². The molecule has 19 heavy (non-hydrogen) atoms. The molecular weight excluding hydrogens is 283 g/mol. The summed E-state index contributed by atoms with van der Waals surface area (Å²) in [7, 11) is -5.08. The fraction of sp³-hybridized carbons (Fsp3) is 0.500. The monoisotopic (exact) mass is 296 g/mol. The summed E-state index contributed by atoms with van der Waals surface area (Å²) in [5.74, 6) is 0. The molecule has 1 aromatic heterocycles. The van der Waals surface area contributed by atoms with Gasteiger partial charge in [0.05, 0.1) is 19.3 Å². The van der Waals surface area contributed by atoms with Crippen molar-refractivity contribution in [3.8, 4) is 0 Å². The van der Waals surface area contributed by atoms with Gasteiger partial charge in [-0.15, -0.1) is 0 Å². The maximum atomic E-state index is 11.7. The van der Waals surface area contributed by atoms with Crippen LogP contribution in [0.2, 0.25) is 0 Å². The molecule has 1 aromatic rings. The Morgan fingerprint density at radius 2 is 2.00 bits per heavy atom. The normalized spacial score (nSPS) is 13.3. The summed E-state index contributed by atoms with van der Waals surface area (Å²) in [6.07, 6.45) is -0.179. The molecule has 0 aliphatic heterocycles. The predicted octanol–water partition coefficient (Wildman–Crippen LogP) is -2.81. The highest BCUT2D eigenvalue weighted by Crippen LogP contribution is 2.30. The fourth-order valence-corrected chi connectivity index (χ4v) is 1.66. The van der Waals surface area contributed by atoms with E-state index in [0.717, 1.165) is 10.8 Å². The van der Waals surface area contributed by atoms with Crippen LogP contribution < -0.4 is 15.9 Å². The third-order valence-corrected chi connectivity index (χ3v) is 2.47. The van der Waals surface area contributed by atoms with Crippen LogP contribution in [0, 0.1) is 6.92 Å². The van der Waals surface area contributed by atoms with Gasteiger partial charge in [-0.3, -0.25) is 19.1 Å². The lowest BCUT2D eigenvalue weighted by Gasteiger charge is -2.14. The minimum absolute atomic E-state index is 0.0295. The van der Waals surface area contributed by atoms with E-state index in [1.165, 1.54) is 6.92 Å². The first-order valence-corrected chi connectivity index (χ1v) is 6.56. The zero-order valence-corrected chi connectivity index (χ0v) is 10.7. The topological polar surface area (TPSA) is 151 Å². The molecule has 4 N–H and O–H groups in total. The highest BCUT2D eigenvalue weighted by atomic mass is 31.2. The molecular formula is C8H13N2O8P. The Kier molecular flexibility index (Phi) is 4.66. The number of hydrogen-bond donors (Lipinski definition) is 4. The van der Waals surface area contributed by atoms with Crippen LogP contribution >= 0.6 is 7.82 Å². The second-order valence-corrected chi connectivity index (χ2v) is 4.90. The first kappa shape index (κ1) is 15.6. The maximum Gasteiger partial charge on any atom is 0.544 e. The van der Waals surface area contributed by atoms with Gasteiger partial charge in [-0.25, -0.2) is 9.36 Å². The van der Waals surface area contributed by atoms with Crippen molar-refractivity contribution >= 4 is 7.82 Å². The van der Waals surface area contributed by atoms with Crippen LogP contribution in [0.5, 0.6) is 0 Å². The number of rotatable bonds is 5. The summed E-state index contributed by atoms with van der Waals surface area (Å²) < 4.78 is 15.4. The standard InChI is InChI=1S/C8H13N2O8P/c1-5-2-9(3-6(12)4-11)8(14)10(7(5)13)18-19(15,16)17/h2,6,11-12H,3-4H2,1H3,(H2,15,16,17). The second-order valence-electron chi connectivity index (χ2n) is 3.76. The average molecular weight is 296 g/mol. The molecule has 108 valence electrons. The Morgan fingerprint density at radius 1 is 1.42 bits per heavy atom. The zero-order chi connectivity index (χ0) is 14.8. The molecule has 1 heterocycles. The minimum Gasteiger partial charge on any atom is -0.394 e. The number of aryl methyl sites for hydroxylation is 1. The number of nitrogens with zero attached hydrogens (tertiary/aromatic N) is 2. The SMILES string of the molecule is Cc1cn(CC(O)CO)c(=O)n(OP(=O)(O)O)c1=O. The Hall–Kier alpha value is -1.45. The van der Waals surface area contributed by atoms with Gasteiger partial charge in [0.1, 0.15) is 0 Å². The molecule has 0 saturated heterocycles. The van der Waals surface area contributed by atoms with E-state index in [4.69, 9.17) is 14.9 Å². The predicted molar refractivity (Wildman–Crippen MR) is 61.4 cm³/mol. The molecule has 10 nitrogen and oxygen atoms in total. The molecule has 0 aliphatic carbocycles. The van der Waals surface area contributed by atoms with Gasteiger partial charge in [-0.2, -0.15) is 0 Å². The number of aromatic nitrogens is 2. The Morgan fingerprint density at radius 3 is 2.47 bits per heavy atom. The number of aliphatic hydroxyl groups excluding tert-OH is 2. The number of phosphoric acid groups is 1. The lowest BCUT2D eigenvalue weighted by atomic mass is 10.3. The van der Waals surface area contributed by atoms with E-state index in [1.54, 1.807) is 0 Å². The highest BCUT2D eigenvalue weighted by Gasteiger charge is 2.21. The van der Waals surface area contributed by atoms with Gasteiger partial charge in [-0.1, -0.05) is 4.73 Å².